The largest absolute Gasteiger partial charge is 0.311 e. The molecule has 1 N–H and O–H groups in total. The smallest absolute Gasteiger partial charge is 0.0795 e. The molecule has 0 saturated carbocycles. The lowest BCUT2D eigenvalue weighted by Gasteiger charge is -2.20. The summed E-state index contributed by atoms with van der Waals surface area (Å²) in [6, 6.07) is 0.698. The molecule has 0 spiro atoms. The average Bonchev–Trinajstić information content (AvgIpc) is 2.87. The zero-order chi connectivity index (χ0) is 11.4. The molecule has 0 amide bonds. The third kappa shape index (κ3) is 3.27. The fourth-order valence-electron chi connectivity index (χ4n) is 2.23. The van der Waals surface area contributed by atoms with Crippen LogP contribution in [-0.2, 0) is 6.54 Å². The van der Waals surface area contributed by atoms with Gasteiger partial charge in [0.25, 0.3) is 0 Å². The first-order valence-electron chi connectivity index (χ1n) is 6.07. The van der Waals surface area contributed by atoms with Crippen molar-refractivity contribution < 1.29 is 0 Å². The van der Waals surface area contributed by atoms with E-state index in [2.05, 4.69) is 34.4 Å². The molecule has 3 nitrogen and oxygen atoms in total. The molecule has 1 aliphatic heterocycles. The highest BCUT2D eigenvalue weighted by molar-refractivity contribution is 7.07. The van der Waals surface area contributed by atoms with E-state index in [1.54, 1.807) is 11.3 Å². The van der Waals surface area contributed by atoms with Gasteiger partial charge in [-0.1, -0.05) is 0 Å². The van der Waals surface area contributed by atoms with E-state index in [0.29, 0.717) is 6.04 Å². The molecule has 1 atom stereocenters. The van der Waals surface area contributed by atoms with Crippen LogP contribution in [0.4, 0.5) is 0 Å². The second kappa shape index (κ2) is 5.75. The Morgan fingerprint density at radius 2 is 2.50 bits per heavy atom. The fraction of sp³-hybridized carbons (Fsp3) is 0.750. The lowest BCUT2D eigenvalue weighted by atomic mass is 10.1. The molecule has 1 saturated heterocycles. The molecule has 1 aliphatic rings. The molecule has 0 bridgehead atoms. The summed E-state index contributed by atoms with van der Waals surface area (Å²) in [5.41, 5.74) is 3.07. The minimum absolute atomic E-state index is 0.698. The lowest BCUT2D eigenvalue weighted by molar-refractivity contribution is 0.264. The summed E-state index contributed by atoms with van der Waals surface area (Å²) in [6.07, 6.45) is 1.34. The number of aromatic nitrogens is 1. The summed E-state index contributed by atoms with van der Waals surface area (Å²) in [4.78, 5) is 6.83. The Bertz CT molecular complexity index is 297. The summed E-state index contributed by atoms with van der Waals surface area (Å²) >= 11 is 1.67. The molecular formula is C12H21N3S. The van der Waals surface area contributed by atoms with Crippen LogP contribution in [0.25, 0.3) is 0 Å². The number of likely N-dealkylation sites (tertiary alicyclic amines) is 1. The van der Waals surface area contributed by atoms with Crippen molar-refractivity contribution in [1.29, 1.82) is 0 Å². The number of hydrogen-bond donors (Lipinski definition) is 1. The highest BCUT2D eigenvalue weighted by Crippen LogP contribution is 2.17. The van der Waals surface area contributed by atoms with Gasteiger partial charge in [0.15, 0.2) is 0 Å². The standard InChI is InChI=1S/C12H21N3S/c1-10(2)15-4-3-11(7-15)5-13-6-12-8-16-9-14-12/h8-11,13H,3-7H2,1-2H3. The molecule has 1 unspecified atom stereocenters. The molecular weight excluding hydrogens is 218 g/mol. The second-order valence-corrected chi connectivity index (χ2v) is 5.57. The van der Waals surface area contributed by atoms with E-state index in [9.17, 15) is 0 Å². The Kier molecular flexibility index (Phi) is 4.32. The van der Waals surface area contributed by atoms with Crippen molar-refractivity contribution in [3.8, 4) is 0 Å². The highest BCUT2D eigenvalue weighted by atomic mass is 32.1. The molecule has 4 heteroatoms. The first-order valence-corrected chi connectivity index (χ1v) is 7.02. The van der Waals surface area contributed by atoms with Gasteiger partial charge in [0.05, 0.1) is 11.2 Å². The number of thiazole rings is 1. The monoisotopic (exact) mass is 239 g/mol. The predicted molar refractivity (Wildman–Crippen MR) is 68.6 cm³/mol. The van der Waals surface area contributed by atoms with Crippen molar-refractivity contribution in [2.24, 2.45) is 5.92 Å². The van der Waals surface area contributed by atoms with Crippen molar-refractivity contribution >= 4 is 11.3 Å². The summed E-state index contributed by atoms with van der Waals surface area (Å²) < 4.78 is 0. The predicted octanol–water partition coefficient (Wildman–Crippen LogP) is 1.96. The van der Waals surface area contributed by atoms with Crippen molar-refractivity contribution in [2.45, 2.75) is 32.9 Å². The van der Waals surface area contributed by atoms with Crippen LogP contribution >= 0.6 is 11.3 Å². The maximum atomic E-state index is 4.27. The van der Waals surface area contributed by atoms with Gasteiger partial charge in [0.2, 0.25) is 0 Å². The van der Waals surface area contributed by atoms with E-state index in [4.69, 9.17) is 0 Å². The maximum absolute atomic E-state index is 4.27. The molecule has 0 radical (unpaired) electrons. The third-order valence-electron chi connectivity index (χ3n) is 3.27. The van der Waals surface area contributed by atoms with Crippen LogP contribution < -0.4 is 5.32 Å². The van der Waals surface area contributed by atoms with Gasteiger partial charge in [-0.15, -0.1) is 11.3 Å². The zero-order valence-electron chi connectivity index (χ0n) is 10.1. The Hall–Kier alpha value is -0.450. The Morgan fingerprint density at radius 1 is 1.62 bits per heavy atom. The molecule has 0 aliphatic carbocycles. The SMILES string of the molecule is CC(C)N1CCC(CNCc2cscn2)C1. The third-order valence-corrected chi connectivity index (χ3v) is 3.91. The van der Waals surface area contributed by atoms with Gasteiger partial charge in [-0.3, -0.25) is 0 Å². The van der Waals surface area contributed by atoms with Gasteiger partial charge < -0.3 is 10.2 Å². The van der Waals surface area contributed by atoms with E-state index >= 15 is 0 Å². The van der Waals surface area contributed by atoms with Crippen LogP contribution in [0.15, 0.2) is 10.9 Å². The summed E-state index contributed by atoms with van der Waals surface area (Å²) in [7, 11) is 0. The molecule has 0 aromatic carbocycles. The lowest BCUT2D eigenvalue weighted by Crippen LogP contribution is -2.30. The Balaban J connectivity index is 1.64. The van der Waals surface area contributed by atoms with Crippen molar-refractivity contribution in [1.82, 2.24) is 15.2 Å². The van der Waals surface area contributed by atoms with Crippen LogP contribution in [0.5, 0.6) is 0 Å². The number of nitrogens with one attached hydrogen (secondary N) is 1. The van der Waals surface area contributed by atoms with E-state index < -0.39 is 0 Å². The molecule has 1 aromatic rings. The van der Waals surface area contributed by atoms with Crippen molar-refractivity contribution in [2.75, 3.05) is 19.6 Å². The fourth-order valence-corrected chi connectivity index (χ4v) is 2.79. The van der Waals surface area contributed by atoms with Gasteiger partial charge in [0.1, 0.15) is 0 Å². The summed E-state index contributed by atoms with van der Waals surface area (Å²) in [5, 5.41) is 5.62. The Morgan fingerprint density at radius 3 is 3.12 bits per heavy atom. The minimum Gasteiger partial charge on any atom is -0.311 e. The normalized spacial score (nSPS) is 22.1. The Labute approximate surface area is 102 Å². The molecule has 90 valence electrons. The van der Waals surface area contributed by atoms with E-state index in [0.717, 1.165) is 19.0 Å². The zero-order valence-corrected chi connectivity index (χ0v) is 11.0. The van der Waals surface area contributed by atoms with Crippen LogP contribution in [0, 0.1) is 5.92 Å². The average molecular weight is 239 g/mol. The van der Waals surface area contributed by atoms with Gasteiger partial charge >= 0.3 is 0 Å². The van der Waals surface area contributed by atoms with E-state index in [1.165, 1.54) is 25.2 Å². The molecule has 2 heterocycles. The summed E-state index contributed by atoms with van der Waals surface area (Å²) in [6.45, 7) is 9.13. The van der Waals surface area contributed by atoms with Crippen molar-refractivity contribution in [3.05, 3.63) is 16.6 Å². The number of nitrogens with zero attached hydrogens (tertiary/aromatic N) is 2. The van der Waals surface area contributed by atoms with Crippen LogP contribution in [0.3, 0.4) is 0 Å². The van der Waals surface area contributed by atoms with Gasteiger partial charge in [-0.25, -0.2) is 4.98 Å². The topological polar surface area (TPSA) is 28.2 Å². The second-order valence-electron chi connectivity index (χ2n) is 4.85. The number of rotatable bonds is 5. The molecule has 2 rings (SSSR count). The summed E-state index contributed by atoms with van der Waals surface area (Å²) in [5.74, 6) is 0.820. The van der Waals surface area contributed by atoms with Crippen LogP contribution in [0.1, 0.15) is 26.0 Å². The highest BCUT2D eigenvalue weighted by Gasteiger charge is 2.23. The minimum atomic E-state index is 0.698. The van der Waals surface area contributed by atoms with E-state index in [1.807, 2.05) is 5.51 Å². The molecule has 1 fully saturated rings. The van der Waals surface area contributed by atoms with Crippen LogP contribution in [-0.4, -0.2) is 35.6 Å². The first-order chi connectivity index (χ1) is 7.75. The van der Waals surface area contributed by atoms with Gasteiger partial charge in [-0.05, 0) is 39.3 Å². The van der Waals surface area contributed by atoms with E-state index in [-0.39, 0.29) is 0 Å². The molecule has 16 heavy (non-hydrogen) atoms. The number of hydrogen-bond acceptors (Lipinski definition) is 4. The van der Waals surface area contributed by atoms with Gasteiger partial charge in [-0.2, -0.15) is 0 Å². The quantitative estimate of drug-likeness (QED) is 0.851. The van der Waals surface area contributed by atoms with Gasteiger partial charge in [0, 0.05) is 24.5 Å². The van der Waals surface area contributed by atoms with Crippen LogP contribution in [0.2, 0.25) is 0 Å². The van der Waals surface area contributed by atoms with Crippen molar-refractivity contribution in [3.63, 3.8) is 0 Å². The maximum Gasteiger partial charge on any atom is 0.0795 e. The first kappa shape index (κ1) is 12.0. The molecule has 1 aromatic heterocycles.